The fraction of sp³-hybridized carbons (Fsp3) is 0.652. The van der Waals surface area contributed by atoms with Crippen LogP contribution in [-0.4, -0.2) is 67.0 Å². The Balaban J connectivity index is 1.45. The summed E-state index contributed by atoms with van der Waals surface area (Å²) >= 11 is 0. The van der Waals surface area contributed by atoms with Crippen molar-refractivity contribution in [1.82, 2.24) is 10.2 Å². The Morgan fingerprint density at radius 1 is 1.19 bits per heavy atom. The number of aliphatic hydroxyl groups excluding tert-OH is 1. The minimum Gasteiger partial charge on any atom is -0.487 e. The third-order valence-corrected chi connectivity index (χ3v) is 6.60. The Labute approximate surface area is 183 Å². The molecule has 2 heterocycles. The average molecular weight is 432 g/mol. The lowest BCUT2D eigenvalue weighted by Crippen LogP contribution is -2.47. The third kappa shape index (κ3) is 4.96. The number of carbonyl (C=O) groups is 2. The van der Waals surface area contributed by atoms with E-state index in [0.29, 0.717) is 12.1 Å². The Bertz CT molecular complexity index is 808. The molecule has 0 aromatic heterocycles. The van der Waals surface area contributed by atoms with Crippen molar-refractivity contribution in [3.8, 4) is 5.75 Å². The Hall–Kier alpha value is -2.32. The number of rotatable bonds is 5. The Morgan fingerprint density at radius 3 is 2.68 bits per heavy atom. The van der Waals surface area contributed by atoms with Gasteiger partial charge in [0.1, 0.15) is 18.0 Å². The molecule has 1 saturated heterocycles. The SMILES string of the molecule is CN(C)C(=O)C[C@@H]1C[C@H]2c3cc(NC(=O)NC4CCCCC4)ccc3O[C@H]2[C@H](CO)O1. The number of fused-ring (bicyclic) bond motifs is 3. The molecule has 8 nitrogen and oxygen atoms in total. The van der Waals surface area contributed by atoms with Gasteiger partial charge in [0.05, 0.1) is 19.1 Å². The zero-order valence-corrected chi connectivity index (χ0v) is 18.3. The van der Waals surface area contributed by atoms with Gasteiger partial charge in [-0.2, -0.15) is 0 Å². The van der Waals surface area contributed by atoms with Crippen LogP contribution < -0.4 is 15.4 Å². The third-order valence-electron chi connectivity index (χ3n) is 6.60. The number of amides is 3. The van der Waals surface area contributed by atoms with E-state index in [1.807, 2.05) is 18.2 Å². The number of carbonyl (C=O) groups excluding carboxylic acids is 2. The zero-order chi connectivity index (χ0) is 22.0. The van der Waals surface area contributed by atoms with Crippen molar-refractivity contribution in [2.24, 2.45) is 0 Å². The highest BCUT2D eigenvalue weighted by molar-refractivity contribution is 5.89. The molecule has 0 bridgehead atoms. The molecule has 1 aliphatic carbocycles. The van der Waals surface area contributed by atoms with E-state index in [0.717, 1.165) is 37.0 Å². The molecule has 1 aromatic carbocycles. The van der Waals surface area contributed by atoms with Crippen LogP contribution in [0.25, 0.3) is 0 Å². The minimum atomic E-state index is -0.489. The molecule has 0 radical (unpaired) electrons. The quantitative estimate of drug-likeness (QED) is 0.666. The lowest BCUT2D eigenvalue weighted by molar-refractivity contribution is -0.147. The van der Waals surface area contributed by atoms with Gasteiger partial charge in [-0.3, -0.25) is 4.79 Å². The lowest BCUT2D eigenvalue weighted by atomic mass is 9.84. The molecule has 8 heteroatoms. The van der Waals surface area contributed by atoms with Crippen molar-refractivity contribution in [2.75, 3.05) is 26.0 Å². The number of hydrogen-bond donors (Lipinski definition) is 3. The molecular formula is C23H33N3O5. The number of nitrogens with zero attached hydrogens (tertiary/aromatic N) is 1. The minimum absolute atomic E-state index is 0.00372. The summed E-state index contributed by atoms with van der Waals surface area (Å²) in [6.07, 6.45) is 5.46. The van der Waals surface area contributed by atoms with Gasteiger partial charge in [-0.15, -0.1) is 0 Å². The number of aliphatic hydroxyl groups is 1. The van der Waals surface area contributed by atoms with Gasteiger partial charge in [-0.25, -0.2) is 4.79 Å². The van der Waals surface area contributed by atoms with E-state index in [4.69, 9.17) is 9.47 Å². The van der Waals surface area contributed by atoms with Gasteiger partial charge < -0.3 is 30.1 Å². The van der Waals surface area contributed by atoms with Gasteiger partial charge in [0.15, 0.2) is 0 Å². The smallest absolute Gasteiger partial charge is 0.319 e. The van der Waals surface area contributed by atoms with Gasteiger partial charge in [0, 0.05) is 37.3 Å². The van der Waals surface area contributed by atoms with E-state index in [1.165, 1.54) is 6.42 Å². The number of anilines is 1. The van der Waals surface area contributed by atoms with E-state index in [2.05, 4.69) is 10.6 Å². The predicted octanol–water partition coefficient (Wildman–Crippen LogP) is 2.61. The molecule has 2 aliphatic heterocycles. The van der Waals surface area contributed by atoms with Crippen LogP contribution in [0.1, 0.15) is 56.4 Å². The van der Waals surface area contributed by atoms with Crippen molar-refractivity contribution in [2.45, 2.75) is 75.2 Å². The molecule has 3 N–H and O–H groups in total. The second-order valence-corrected chi connectivity index (χ2v) is 9.08. The summed E-state index contributed by atoms with van der Waals surface area (Å²) in [5, 5.41) is 15.9. The van der Waals surface area contributed by atoms with Crippen LogP contribution in [0.5, 0.6) is 5.75 Å². The highest BCUT2D eigenvalue weighted by Gasteiger charge is 2.46. The molecule has 0 spiro atoms. The Kier molecular flexibility index (Phi) is 6.67. The summed E-state index contributed by atoms with van der Waals surface area (Å²) in [7, 11) is 3.45. The molecule has 31 heavy (non-hydrogen) atoms. The van der Waals surface area contributed by atoms with Crippen LogP contribution in [0.15, 0.2) is 18.2 Å². The molecule has 3 amide bonds. The zero-order valence-electron chi connectivity index (χ0n) is 18.3. The highest BCUT2D eigenvalue weighted by Crippen LogP contribution is 2.47. The van der Waals surface area contributed by atoms with Crippen molar-refractivity contribution in [3.63, 3.8) is 0 Å². The topological polar surface area (TPSA) is 100 Å². The second kappa shape index (κ2) is 9.44. The molecule has 4 rings (SSSR count). The fourth-order valence-electron chi connectivity index (χ4n) is 4.94. The fourth-order valence-corrected chi connectivity index (χ4v) is 4.94. The molecule has 4 atom stereocenters. The molecule has 1 saturated carbocycles. The molecule has 0 unspecified atom stereocenters. The van der Waals surface area contributed by atoms with Crippen LogP contribution in [0.2, 0.25) is 0 Å². The van der Waals surface area contributed by atoms with Gasteiger partial charge in [0.25, 0.3) is 0 Å². The first-order valence-corrected chi connectivity index (χ1v) is 11.3. The predicted molar refractivity (Wildman–Crippen MR) is 116 cm³/mol. The molecule has 170 valence electrons. The van der Waals surface area contributed by atoms with E-state index >= 15 is 0 Å². The molecular weight excluding hydrogens is 398 g/mol. The van der Waals surface area contributed by atoms with Gasteiger partial charge >= 0.3 is 6.03 Å². The van der Waals surface area contributed by atoms with Crippen LogP contribution >= 0.6 is 0 Å². The van der Waals surface area contributed by atoms with Crippen LogP contribution in [0.3, 0.4) is 0 Å². The number of urea groups is 1. The second-order valence-electron chi connectivity index (χ2n) is 9.08. The number of benzene rings is 1. The summed E-state index contributed by atoms with van der Waals surface area (Å²) in [6, 6.07) is 5.70. The monoisotopic (exact) mass is 431 g/mol. The van der Waals surface area contributed by atoms with Crippen molar-refractivity contribution in [3.05, 3.63) is 23.8 Å². The van der Waals surface area contributed by atoms with E-state index in [-0.39, 0.29) is 49.1 Å². The lowest BCUT2D eigenvalue weighted by Gasteiger charge is -2.37. The maximum Gasteiger partial charge on any atom is 0.319 e. The van der Waals surface area contributed by atoms with Gasteiger partial charge in [-0.05, 0) is 37.5 Å². The molecule has 3 aliphatic rings. The standard InChI is InChI=1S/C23H33N3O5/c1-26(2)21(28)12-16-11-18-17-10-15(25-23(29)24-14-6-4-3-5-7-14)8-9-19(17)31-22(18)20(13-27)30-16/h8-10,14,16,18,20,22,27H,3-7,11-13H2,1-2H3,(H2,24,25,29)/t16-,18-,20-,22+/m0/s1. The highest BCUT2D eigenvalue weighted by atomic mass is 16.6. The normalized spacial score (nSPS) is 27.6. The number of nitrogens with one attached hydrogen (secondary N) is 2. The first-order chi connectivity index (χ1) is 14.9. The maximum absolute atomic E-state index is 12.5. The van der Waals surface area contributed by atoms with Crippen molar-refractivity contribution in [1.29, 1.82) is 0 Å². The first-order valence-electron chi connectivity index (χ1n) is 11.3. The van der Waals surface area contributed by atoms with Crippen molar-refractivity contribution >= 4 is 17.6 Å². The number of hydrogen-bond acceptors (Lipinski definition) is 5. The van der Waals surface area contributed by atoms with Gasteiger partial charge in [0.2, 0.25) is 5.91 Å². The summed E-state index contributed by atoms with van der Waals surface area (Å²) in [5.74, 6) is 0.743. The Morgan fingerprint density at radius 2 is 1.97 bits per heavy atom. The van der Waals surface area contributed by atoms with Crippen LogP contribution in [-0.2, 0) is 9.53 Å². The maximum atomic E-state index is 12.5. The molecule has 2 fully saturated rings. The average Bonchev–Trinajstić information content (AvgIpc) is 3.11. The van der Waals surface area contributed by atoms with E-state index in [1.54, 1.807) is 19.0 Å². The summed E-state index contributed by atoms with van der Waals surface area (Å²) in [5.41, 5.74) is 1.70. The van der Waals surface area contributed by atoms with E-state index in [9.17, 15) is 14.7 Å². The largest absolute Gasteiger partial charge is 0.487 e. The first kappa shape index (κ1) is 21.9. The summed E-state index contributed by atoms with van der Waals surface area (Å²) in [6.45, 7) is -0.170. The summed E-state index contributed by atoms with van der Waals surface area (Å²) < 4.78 is 12.1. The molecule has 1 aromatic rings. The van der Waals surface area contributed by atoms with Crippen LogP contribution in [0.4, 0.5) is 10.5 Å². The van der Waals surface area contributed by atoms with Gasteiger partial charge in [-0.1, -0.05) is 19.3 Å². The summed E-state index contributed by atoms with van der Waals surface area (Å²) in [4.78, 5) is 26.2. The van der Waals surface area contributed by atoms with Crippen molar-refractivity contribution < 1.29 is 24.2 Å². The van der Waals surface area contributed by atoms with Crippen LogP contribution in [0, 0.1) is 0 Å². The van der Waals surface area contributed by atoms with E-state index < -0.39 is 6.10 Å². The number of ether oxygens (including phenoxy) is 2.